The molecule has 1 aliphatic rings. The number of methoxy groups -OCH3 is 1. The summed E-state index contributed by atoms with van der Waals surface area (Å²) in [5, 5.41) is 12.1. The SMILES string of the molecule is COc1cc(/C=C/C(=O)Nc2nc3c(s2)CCCC3)ccc1OCC#N. The highest BCUT2D eigenvalue weighted by Crippen LogP contribution is 2.30. The summed E-state index contributed by atoms with van der Waals surface area (Å²) in [5.41, 5.74) is 1.91. The molecule has 1 aliphatic carbocycles. The third kappa shape index (κ3) is 4.41. The number of hydrogen-bond acceptors (Lipinski definition) is 6. The average molecular weight is 369 g/mol. The number of rotatable bonds is 6. The highest BCUT2D eigenvalue weighted by Gasteiger charge is 2.15. The van der Waals surface area contributed by atoms with Crippen LogP contribution in [0, 0.1) is 11.3 Å². The molecule has 7 heteroatoms. The second-order valence-electron chi connectivity index (χ2n) is 5.78. The van der Waals surface area contributed by atoms with E-state index in [-0.39, 0.29) is 12.5 Å². The zero-order valence-electron chi connectivity index (χ0n) is 14.4. The Hall–Kier alpha value is -2.85. The number of amides is 1. The molecule has 1 amide bonds. The molecule has 134 valence electrons. The van der Waals surface area contributed by atoms with Gasteiger partial charge in [0, 0.05) is 11.0 Å². The van der Waals surface area contributed by atoms with Crippen molar-refractivity contribution in [1.82, 2.24) is 4.98 Å². The summed E-state index contributed by atoms with van der Waals surface area (Å²) in [6, 6.07) is 7.17. The Bertz CT molecular complexity index is 844. The van der Waals surface area contributed by atoms with E-state index in [9.17, 15) is 4.79 Å². The maximum atomic E-state index is 12.1. The lowest BCUT2D eigenvalue weighted by Gasteiger charge is -2.08. The first-order chi connectivity index (χ1) is 12.7. The average Bonchev–Trinajstić information content (AvgIpc) is 3.07. The number of carbonyl (C=O) groups is 1. The van der Waals surface area contributed by atoms with Crippen LogP contribution in [0.5, 0.6) is 11.5 Å². The highest BCUT2D eigenvalue weighted by atomic mass is 32.1. The van der Waals surface area contributed by atoms with Gasteiger partial charge in [0.15, 0.2) is 23.2 Å². The summed E-state index contributed by atoms with van der Waals surface area (Å²) < 4.78 is 10.5. The van der Waals surface area contributed by atoms with Gasteiger partial charge in [-0.1, -0.05) is 6.07 Å². The van der Waals surface area contributed by atoms with Crippen LogP contribution >= 0.6 is 11.3 Å². The molecule has 0 aliphatic heterocycles. The summed E-state index contributed by atoms with van der Waals surface area (Å²) in [4.78, 5) is 17.9. The van der Waals surface area contributed by atoms with Gasteiger partial charge in [-0.3, -0.25) is 10.1 Å². The van der Waals surface area contributed by atoms with Crippen LogP contribution in [-0.2, 0) is 17.6 Å². The summed E-state index contributed by atoms with van der Waals surface area (Å²) in [5.74, 6) is 0.777. The van der Waals surface area contributed by atoms with Crippen LogP contribution in [-0.4, -0.2) is 24.6 Å². The number of carbonyl (C=O) groups excluding carboxylic acids is 1. The van der Waals surface area contributed by atoms with Crippen molar-refractivity contribution in [1.29, 1.82) is 5.26 Å². The van der Waals surface area contributed by atoms with Crippen LogP contribution in [0.25, 0.3) is 6.08 Å². The molecule has 0 radical (unpaired) electrons. The summed E-state index contributed by atoms with van der Waals surface area (Å²) in [6.07, 6.45) is 7.57. The van der Waals surface area contributed by atoms with Crippen molar-refractivity contribution in [3.05, 3.63) is 40.4 Å². The van der Waals surface area contributed by atoms with E-state index in [0.29, 0.717) is 16.6 Å². The van der Waals surface area contributed by atoms with Gasteiger partial charge in [0.25, 0.3) is 0 Å². The molecule has 1 N–H and O–H groups in total. The maximum Gasteiger partial charge on any atom is 0.250 e. The monoisotopic (exact) mass is 369 g/mol. The fourth-order valence-electron chi connectivity index (χ4n) is 2.74. The fraction of sp³-hybridized carbons (Fsp3) is 0.316. The number of thiazole rings is 1. The van der Waals surface area contributed by atoms with E-state index in [1.165, 1.54) is 30.9 Å². The first kappa shape index (κ1) is 18.0. The van der Waals surface area contributed by atoms with Gasteiger partial charge < -0.3 is 9.47 Å². The molecule has 1 heterocycles. The van der Waals surface area contributed by atoms with Crippen LogP contribution in [0.1, 0.15) is 29.0 Å². The molecule has 0 atom stereocenters. The molecular weight excluding hydrogens is 350 g/mol. The number of nitrogens with one attached hydrogen (secondary N) is 1. The molecule has 0 saturated heterocycles. The number of fused-ring (bicyclic) bond motifs is 1. The summed E-state index contributed by atoms with van der Waals surface area (Å²) in [6.45, 7) is -0.0499. The first-order valence-electron chi connectivity index (χ1n) is 8.35. The van der Waals surface area contributed by atoms with Gasteiger partial charge in [-0.25, -0.2) is 4.98 Å². The molecule has 1 aromatic carbocycles. The van der Waals surface area contributed by atoms with Gasteiger partial charge in [-0.15, -0.1) is 11.3 Å². The van der Waals surface area contributed by atoms with Gasteiger partial charge in [-0.05, 0) is 49.5 Å². The number of aryl methyl sites for hydroxylation is 2. The van der Waals surface area contributed by atoms with Crippen molar-refractivity contribution < 1.29 is 14.3 Å². The van der Waals surface area contributed by atoms with Crippen LogP contribution < -0.4 is 14.8 Å². The Morgan fingerprint density at radius 3 is 3.00 bits per heavy atom. The van der Waals surface area contributed by atoms with E-state index in [1.807, 2.05) is 6.07 Å². The fourth-order valence-corrected chi connectivity index (χ4v) is 3.79. The van der Waals surface area contributed by atoms with Gasteiger partial charge >= 0.3 is 0 Å². The molecule has 0 saturated carbocycles. The Labute approximate surface area is 156 Å². The van der Waals surface area contributed by atoms with Gasteiger partial charge in [0.1, 0.15) is 6.07 Å². The van der Waals surface area contributed by atoms with E-state index < -0.39 is 0 Å². The Kier molecular flexibility index (Phi) is 5.87. The first-order valence-corrected chi connectivity index (χ1v) is 9.16. The molecule has 6 nitrogen and oxygen atoms in total. The minimum atomic E-state index is -0.222. The minimum Gasteiger partial charge on any atom is -0.493 e. The number of ether oxygens (including phenoxy) is 2. The van der Waals surface area contributed by atoms with E-state index in [0.717, 1.165) is 24.1 Å². The van der Waals surface area contributed by atoms with Crippen LogP contribution in [0.2, 0.25) is 0 Å². The largest absolute Gasteiger partial charge is 0.493 e. The lowest BCUT2D eigenvalue weighted by molar-refractivity contribution is -0.111. The van der Waals surface area contributed by atoms with Crippen molar-refractivity contribution >= 4 is 28.5 Å². The van der Waals surface area contributed by atoms with Gasteiger partial charge in [0.2, 0.25) is 5.91 Å². The van der Waals surface area contributed by atoms with Crippen molar-refractivity contribution in [2.24, 2.45) is 0 Å². The molecule has 3 rings (SSSR count). The zero-order chi connectivity index (χ0) is 18.4. The quantitative estimate of drug-likeness (QED) is 0.787. The summed E-state index contributed by atoms with van der Waals surface area (Å²) in [7, 11) is 1.53. The van der Waals surface area contributed by atoms with Crippen LogP contribution in [0.3, 0.4) is 0 Å². The van der Waals surface area contributed by atoms with Crippen molar-refractivity contribution in [2.75, 3.05) is 19.0 Å². The standard InChI is InChI=1S/C19H19N3O3S/c1-24-16-12-13(6-8-15(16)25-11-10-20)7-9-18(23)22-19-21-14-4-2-3-5-17(14)26-19/h6-9,12H,2-5,11H2,1H3,(H,21,22,23)/b9-7+. The van der Waals surface area contributed by atoms with Gasteiger partial charge in [-0.2, -0.15) is 5.26 Å². The van der Waals surface area contributed by atoms with Crippen molar-refractivity contribution in [3.63, 3.8) is 0 Å². The van der Waals surface area contributed by atoms with Crippen molar-refractivity contribution in [2.45, 2.75) is 25.7 Å². The van der Waals surface area contributed by atoms with E-state index in [1.54, 1.807) is 35.6 Å². The lowest BCUT2D eigenvalue weighted by Crippen LogP contribution is -2.07. The molecule has 0 fully saturated rings. The highest BCUT2D eigenvalue weighted by molar-refractivity contribution is 7.15. The third-order valence-corrected chi connectivity index (χ3v) is 5.06. The second kappa shape index (κ2) is 8.50. The predicted octanol–water partition coefficient (Wildman–Crippen LogP) is 3.58. The third-order valence-electron chi connectivity index (χ3n) is 3.98. The number of hydrogen-bond donors (Lipinski definition) is 1. The smallest absolute Gasteiger partial charge is 0.250 e. The maximum absolute atomic E-state index is 12.1. The number of benzene rings is 1. The van der Waals surface area contributed by atoms with E-state index in [2.05, 4.69) is 10.3 Å². The molecule has 1 aromatic heterocycles. The number of aromatic nitrogens is 1. The zero-order valence-corrected chi connectivity index (χ0v) is 15.3. The van der Waals surface area contributed by atoms with E-state index >= 15 is 0 Å². The molecule has 0 bridgehead atoms. The molecular formula is C19H19N3O3S. The molecule has 0 unspecified atom stereocenters. The Balaban J connectivity index is 1.64. The number of nitrogens with zero attached hydrogens (tertiary/aromatic N) is 2. The predicted molar refractivity (Wildman–Crippen MR) is 101 cm³/mol. The number of anilines is 1. The lowest BCUT2D eigenvalue weighted by atomic mass is 10.0. The van der Waals surface area contributed by atoms with Gasteiger partial charge in [0.05, 0.1) is 12.8 Å². The number of nitriles is 1. The molecule has 0 spiro atoms. The molecule has 2 aromatic rings. The van der Waals surface area contributed by atoms with Crippen LogP contribution in [0.15, 0.2) is 24.3 Å². The molecule has 26 heavy (non-hydrogen) atoms. The minimum absolute atomic E-state index is 0.0499. The second-order valence-corrected chi connectivity index (χ2v) is 6.86. The Morgan fingerprint density at radius 2 is 2.23 bits per heavy atom. The normalized spacial score (nSPS) is 13.1. The van der Waals surface area contributed by atoms with Crippen LogP contribution in [0.4, 0.5) is 5.13 Å². The summed E-state index contributed by atoms with van der Waals surface area (Å²) >= 11 is 1.56. The van der Waals surface area contributed by atoms with Crippen molar-refractivity contribution in [3.8, 4) is 17.6 Å². The van der Waals surface area contributed by atoms with E-state index in [4.69, 9.17) is 14.7 Å². The topological polar surface area (TPSA) is 84.2 Å². The Morgan fingerprint density at radius 1 is 1.38 bits per heavy atom.